The molecule has 2 N–H and O–H groups in total. The van der Waals surface area contributed by atoms with Crippen LogP contribution >= 0.6 is 0 Å². The lowest BCUT2D eigenvalue weighted by Crippen LogP contribution is -2.37. The second kappa shape index (κ2) is 7.75. The number of hydrogen-bond donors (Lipinski definition) is 2. The highest BCUT2D eigenvalue weighted by molar-refractivity contribution is 5.79. The average molecular weight is 318 g/mol. The van der Waals surface area contributed by atoms with Crippen LogP contribution in [0.15, 0.2) is 11.3 Å². The van der Waals surface area contributed by atoms with Crippen LogP contribution in [0.4, 0.5) is 0 Å². The molecule has 23 heavy (non-hydrogen) atoms. The third-order valence-electron chi connectivity index (χ3n) is 3.90. The Hall–Kier alpha value is -2.38. The molecule has 0 atom stereocenters. The number of nitrogens with zero attached hydrogens (tertiary/aromatic N) is 6. The van der Waals surface area contributed by atoms with Crippen molar-refractivity contribution in [2.75, 3.05) is 7.05 Å². The highest BCUT2D eigenvalue weighted by atomic mass is 15.3. The summed E-state index contributed by atoms with van der Waals surface area (Å²) in [6, 6.07) is 0. The summed E-state index contributed by atoms with van der Waals surface area (Å²) in [5.41, 5.74) is 3.66. The van der Waals surface area contributed by atoms with Crippen LogP contribution in [0.5, 0.6) is 0 Å². The van der Waals surface area contributed by atoms with Gasteiger partial charge in [-0.3, -0.25) is 14.4 Å². The van der Waals surface area contributed by atoms with Gasteiger partial charge in [-0.2, -0.15) is 10.2 Å². The third kappa shape index (κ3) is 3.88. The van der Waals surface area contributed by atoms with Crippen molar-refractivity contribution >= 4 is 5.96 Å². The largest absolute Gasteiger partial charge is 0.352 e. The average Bonchev–Trinajstić information content (AvgIpc) is 3.10. The molecule has 0 aliphatic carbocycles. The van der Waals surface area contributed by atoms with Gasteiger partial charge in [0.2, 0.25) is 0 Å². The fourth-order valence-corrected chi connectivity index (χ4v) is 2.63. The Morgan fingerprint density at radius 3 is 2.43 bits per heavy atom. The summed E-state index contributed by atoms with van der Waals surface area (Å²) in [6.45, 7) is 5.57. The standard InChI is InChI=1S/C15H26N8/c1-6-12-11(13(7-2)22(4)21-12)8-17-15(16-3)18-9-14-19-10-20-23(14)5/h10H,6-9H2,1-5H3,(H2,16,17,18). The maximum Gasteiger partial charge on any atom is 0.191 e. The first-order chi connectivity index (χ1) is 11.1. The summed E-state index contributed by atoms with van der Waals surface area (Å²) in [5.74, 6) is 1.60. The lowest BCUT2D eigenvalue weighted by molar-refractivity contribution is 0.671. The van der Waals surface area contributed by atoms with Gasteiger partial charge in [0, 0.05) is 38.9 Å². The molecule has 0 spiro atoms. The van der Waals surface area contributed by atoms with E-state index in [4.69, 9.17) is 0 Å². The number of rotatable bonds is 6. The van der Waals surface area contributed by atoms with Crippen molar-refractivity contribution in [2.24, 2.45) is 19.1 Å². The highest BCUT2D eigenvalue weighted by Gasteiger charge is 2.13. The van der Waals surface area contributed by atoms with Crippen molar-refractivity contribution in [1.82, 2.24) is 35.2 Å². The summed E-state index contributed by atoms with van der Waals surface area (Å²) >= 11 is 0. The molecular weight excluding hydrogens is 292 g/mol. The zero-order valence-corrected chi connectivity index (χ0v) is 14.6. The Morgan fingerprint density at radius 2 is 1.87 bits per heavy atom. The second-order valence-corrected chi connectivity index (χ2v) is 5.28. The Morgan fingerprint density at radius 1 is 1.13 bits per heavy atom. The van der Waals surface area contributed by atoms with E-state index in [-0.39, 0.29) is 0 Å². The van der Waals surface area contributed by atoms with Crippen molar-refractivity contribution in [3.63, 3.8) is 0 Å². The van der Waals surface area contributed by atoms with Gasteiger partial charge < -0.3 is 10.6 Å². The molecule has 0 radical (unpaired) electrons. The first-order valence-corrected chi connectivity index (χ1v) is 7.91. The zero-order chi connectivity index (χ0) is 16.8. The van der Waals surface area contributed by atoms with Crippen LogP contribution in [0, 0.1) is 0 Å². The Balaban J connectivity index is 2.00. The molecule has 0 amide bonds. The van der Waals surface area contributed by atoms with Gasteiger partial charge in [-0.1, -0.05) is 13.8 Å². The summed E-state index contributed by atoms with van der Waals surface area (Å²) in [5, 5.41) is 15.3. The lowest BCUT2D eigenvalue weighted by atomic mass is 10.1. The Labute approximate surface area is 137 Å². The van der Waals surface area contributed by atoms with Gasteiger partial charge >= 0.3 is 0 Å². The molecule has 0 aliphatic heterocycles. The predicted molar refractivity (Wildman–Crippen MR) is 90.0 cm³/mol. The van der Waals surface area contributed by atoms with E-state index in [0.717, 1.165) is 30.3 Å². The smallest absolute Gasteiger partial charge is 0.191 e. The van der Waals surface area contributed by atoms with E-state index in [2.05, 4.69) is 44.7 Å². The van der Waals surface area contributed by atoms with E-state index in [1.807, 2.05) is 18.8 Å². The summed E-state index contributed by atoms with van der Waals surface area (Å²) in [6.07, 6.45) is 3.44. The summed E-state index contributed by atoms with van der Waals surface area (Å²) in [4.78, 5) is 8.45. The number of aryl methyl sites for hydroxylation is 3. The molecule has 2 rings (SSSR count). The van der Waals surface area contributed by atoms with Gasteiger partial charge in [0.05, 0.1) is 12.2 Å². The van der Waals surface area contributed by atoms with Crippen molar-refractivity contribution < 1.29 is 0 Å². The van der Waals surface area contributed by atoms with Crippen LogP contribution in [-0.4, -0.2) is 37.6 Å². The Bertz CT molecular complexity index is 667. The van der Waals surface area contributed by atoms with E-state index < -0.39 is 0 Å². The molecule has 0 aliphatic rings. The zero-order valence-electron chi connectivity index (χ0n) is 14.6. The molecule has 0 saturated carbocycles. The van der Waals surface area contributed by atoms with Gasteiger partial charge in [0.15, 0.2) is 5.96 Å². The number of guanidine groups is 1. The maximum absolute atomic E-state index is 4.60. The van der Waals surface area contributed by atoms with Crippen LogP contribution in [0.2, 0.25) is 0 Å². The van der Waals surface area contributed by atoms with E-state index in [1.54, 1.807) is 18.1 Å². The monoisotopic (exact) mass is 318 g/mol. The van der Waals surface area contributed by atoms with E-state index in [9.17, 15) is 0 Å². The Kier molecular flexibility index (Phi) is 5.72. The molecule has 0 saturated heterocycles. The van der Waals surface area contributed by atoms with Gasteiger partial charge in [0.25, 0.3) is 0 Å². The lowest BCUT2D eigenvalue weighted by Gasteiger charge is -2.12. The van der Waals surface area contributed by atoms with Gasteiger partial charge in [0.1, 0.15) is 12.2 Å². The molecule has 0 fully saturated rings. The first kappa shape index (κ1) is 17.0. The maximum atomic E-state index is 4.60. The molecule has 2 aromatic rings. The van der Waals surface area contributed by atoms with Crippen LogP contribution in [0.3, 0.4) is 0 Å². The molecule has 8 heteroatoms. The molecule has 8 nitrogen and oxygen atoms in total. The van der Waals surface area contributed by atoms with Crippen molar-refractivity contribution in [3.8, 4) is 0 Å². The van der Waals surface area contributed by atoms with E-state index in [1.165, 1.54) is 11.3 Å². The van der Waals surface area contributed by atoms with Crippen molar-refractivity contribution in [3.05, 3.63) is 29.1 Å². The third-order valence-corrected chi connectivity index (χ3v) is 3.90. The normalized spacial score (nSPS) is 11.8. The van der Waals surface area contributed by atoms with Crippen molar-refractivity contribution in [1.29, 1.82) is 0 Å². The van der Waals surface area contributed by atoms with Gasteiger partial charge in [-0.25, -0.2) is 4.98 Å². The number of aromatic nitrogens is 5. The molecule has 0 aromatic carbocycles. The minimum atomic E-state index is 0.574. The molecule has 2 heterocycles. The molecular formula is C15H26N8. The molecule has 2 aromatic heterocycles. The molecule has 126 valence electrons. The number of nitrogens with one attached hydrogen (secondary N) is 2. The first-order valence-electron chi connectivity index (χ1n) is 7.91. The second-order valence-electron chi connectivity index (χ2n) is 5.28. The van der Waals surface area contributed by atoms with E-state index in [0.29, 0.717) is 13.1 Å². The van der Waals surface area contributed by atoms with Crippen LogP contribution < -0.4 is 10.6 Å². The van der Waals surface area contributed by atoms with Crippen LogP contribution in [0.1, 0.15) is 36.6 Å². The van der Waals surface area contributed by atoms with Gasteiger partial charge in [-0.15, -0.1) is 0 Å². The summed E-state index contributed by atoms with van der Waals surface area (Å²) < 4.78 is 3.72. The SMILES string of the molecule is CCc1nn(C)c(CC)c1CNC(=NC)NCc1ncnn1C. The predicted octanol–water partition coefficient (Wildman–Crippen LogP) is 0.539. The van der Waals surface area contributed by atoms with E-state index >= 15 is 0 Å². The molecule has 0 bridgehead atoms. The topological polar surface area (TPSA) is 84.9 Å². The fraction of sp³-hybridized carbons (Fsp3) is 0.600. The quantitative estimate of drug-likeness (QED) is 0.600. The molecule has 0 unspecified atom stereocenters. The van der Waals surface area contributed by atoms with Crippen LogP contribution in [-0.2, 0) is 40.0 Å². The summed E-state index contributed by atoms with van der Waals surface area (Å²) in [7, 11) is 5.64. The fourth-order valence-electron chi connectivity index (χ4n) is 2.63. The van der Waals surface area contributed by atoms with Crippen molar-refractivity contribution in [2.45, 2.75) is 39.8 Å². The number of hydrogen-bond acceptors (Lipinski definition) is 4. The number of aliphatic imine (C=N–C) groups is 1. The minimum absolute atomic E-state index is 0.574. The van der Waals surface area contributed by atoms with Crippen LogP contribution in [0.25, 0.3) is 0 Å². The van der Waals surface area contributed by atoms with Gasteiger partial charge in [-0.05, 0) is 12.8 Å². The highest BCUT2D eigenvalue weighted by Crippen LogP contribution is 2.15. The minimum Gasteiger partial charge on any atom is -0.352 e.